The fourth-order valence-corrected chi connectivity index (χ4v) is 3.95. The van der Waals surface area contributed by atoms with Crippen LogP contribution in [-0.4, -0.2) is 45.2 Å². The quantitative estimate of drug-likeness (QED) is 0.797. The van der Waals surface area contributed by atoms with E-state index in [9.17, 15) is 8.42 Å². The normalized spacial score (nSPS) is 28.2. The molecule has 2 unspecified atom stereocenters. The largest absolute Gasteiger partial charge is 0.317 e. The smallest absolute Gasteiger partial charge is 0.211 e. The molecule has 5 heteroatoms. The number of rotatable bonds is 6. The summed E-state index contributed by atoms with van der Waals surface area (Å²) in [7, 11) is -0.967. The summed E-state index contributed by atoms with van der Waals surface area (Å²) in [6.07, 6.45) is 8.68. The Hall–Kier alpha value is -0.130. The lowest BCUT2D eigenvalue weighted by Crippen LogP contribution is -2.41. The summed E-state index contributed by atoms with van der Waals surface area (Å²) in [6.45, 7) is 1.43. The first-order chi connectivity index (χ1) is 8.49. The van der Waals surface area contributed by atoms with Crippen molar-refractivity contribution < 1.29 is 8.42 Å². The van der Waals surface area contributed by atoms with E-state index in [1.165, 1.54) is 31.9 Å². The zero-order chi connectivity index (χ0) is 13.2. The van der Waals surface area contributed by atoms with E-state index in [4.69, 9.17) is 0 Å². The molecule has 1 aliphatic carbocycles. The molecule has 0 amide bonds. The maximum Gasteiger partial charge on any atom is 0.211 e. The Morgan fingerprint density at radius 3 is 2.44 bits per heavy atom. The maximum absolute atomic E-state index is 11.6. The minimum atomic E-state index is -3.00. The van der Waals surface area contributed by atoms with Crippen LogP contribution in [0.2, 0.25) is 0 Å². The number of hydrogen-bond donors (Lipinski definition) is 1. The van der Waals surface area contributed by atoms with Crippen molar-refractivity contribution in [2.24, 2.45) is 11.8 Å². The molecule has 0 radical (unpaired) electrons. The highest BCUT2D eigenvalue weighted by molar-refractivity contribution is 7.88. The molecular weight excluding hydrogens is 248 g/mol. The fourth-order valence-electron chi connectivity index (χ4n) is 3.01. The van der Waals surface area contributed by atoms with Gasteiger partial charge in [0.05, 0.1) is 6.26 Å². The predicted octanol–water partition coefficient (Wildman–Crippen LogP) is 1.44. The molecule has 1 aliphatic heterocycles. The van der Waals surface area contributed by atoms with Gasteiger partial charge in [-0.1, -0.05) is 12.8 Å². The van der Waals surface area contributed by atoms with Gasteiger partial charge in [-0.2, -0.15) is 0 Å². The summed E-state index contributed by atoms with van der Waals surface area (Å²) < 4.78 is 24.8. The van der Waals surface area contributed by atoms with Gasteiger partial charge in [0.1, 0.15) is 0 Å². The van der Waals surface area contributed by atoms with Gasteiger partial charge in [0.25, 0.3) is 0 Å². The Balaban J connectivity index is 1.83. The first kappa shape index (κ1) is 14.3. The summed E-state index contributed by atoms with van der Waals surface area (Å²) in [6, 6.07) is 0.571. The Morgan fingerprint density at radius 2 is 1.89 bits per heavy atom. The SMILES string of the molecule is CNC(CC1CC1)CC1CCCN(S(C)(=O)=O)C1. The Kier molecular flexibility index (Phi) is 4.67. The van der Waals surface area contributed by atoms with Crippen molar-refractivity contribution in [1.29, 1.82) is 0 Å². The first-order valence-corrected chi connectivity index (χ1v) is 8.96. The van der Waals surface area contributed by atoms with Crippen LogP contribution in [0.4, 0.5) is 0 Å². The second kappa shape index (κ2) is 5.88. The van der Waals surface area contributed by atoms with E-state index in [2.05, 4.69) is 5.32 Å². The Bertz CT molecular complexity index is 365. The minimum absolute atomic E-state index is 0.532. The van der Waals surface area contributed by atoms with Crippen LogP contribution < -0.4 is 5.32 Å². The molecule has 18 heavy (non-hydrogen) atoms. The van der Waals surface area contributed by atoms with Gasteiger partial charge in [0, 0.05) is 19.1 Å². The molecule has 0 bridgehead atoms. The zero-order valence-electron chi connectivity index (χ0n) is 11.6. The molecule has 4 nitrogen and oxygen atoms in total. The van der Waals surface area contributed by atoms with E-state index in [1.807, 2.05) is 7.05 Å². The molecule has 1 saturated heterocycles. The molecule has 0 aromatic rings. The highest BCUT2D eigenvalue weighted by Gasteiger charge is 2.30. The monoisotopic (exact) mass is 274 g/mol. The summed E-state index contributed by atoms with van der Waals surface area (Å²) in [4.78, 5) is 0. The Labute approximate surface area is 111 Å². The standard InChI is InChI=1S/C13H26N2O2S/c1-14-13(8-11-5-6-11)9-12-4-3-7-15(10-12)18(2,16)17/h11-14H,3-10H2,1-2H3. The molecule has 1 heterocycles. The second-order valence-corrected chi connectivity index (χ2v) is 8.01. The molecule has 2 rings (SSSR count). The van der Waals surface area contributed by atoms with Crippen molar-refractivity contribution in [2.45, 2.75) is 44.6 Å². The number of hydrogen-bond acceptors (Lipinski definition) is 3. The lowest BCUT2D eigenvalue weighted by Gasteiger charge is -2.33. The third-order valence-corrected chi connectivity index (χ3v) is 5.56. The van der Waals surface area contributed by atoms with Crippen LogP contribution in [0.1, 0.15) is 38.5 Å². The van der Waals surface area contributed by atoms with Crippen LogP contribution in [0.15, 0.2) is 0 Å². The Morgan fingerprint density at radius 1 is 1.22 bits per heavy atom. The van der Waals surface area contributed by atoms with Gasteiger partial charge in [0.15, 0.2) is 0 Å². The number of sulfonamides is 1. The highest BCUT2D eigenvalue weighted by atomic mass is 32.2. The fraction of sp³-hybridized carbons (Fsp3) is 1.00. The van der Waals surface area contributed by atoms with Crippen LogP contribution in [0.25, 0.3) is 0 Å². The van der Waals surface area contributed by atoms with Crippen molar-refractivity contribution in [3.05, 3.63) is 0 Å². The molecule has 106 valence electrons. The van der Waals surface area contributed by atoms with Gasteiger partial charge in [-0.3, -0.25) is 0 Å². The van der Waals surface area contributed by atoms with Gasteiger partial charge in [-0.05, 0) is 44.6 Å². The van der Waals surface area contributed by atoms with Crippen molar-refractivity contribution in [2.75, 3.05) is 26.4 Å². The summed E-state index contributed by atoms with van der Waals surface area (Å²) in [5.41, 5.74) is 0. The van der Waals surface area contributed by atoms with E-state index in [0.717, 1.165) is 25.3 Å². The lowest BCUT2D eigenvalue weighted by molar-refractivity contribution is 0.235. The highest BCUT2D eigenvalue weighted by Crippen LogP contribution is 2.35. The zero-order valence-corrected chi connectivity index (χ0v) is 12.4. The van der Waals surface area contributed by atoms with E-state index in [1.54, 1.807) is 4.31 Å². The average molecular weight is 274 g/mol. The van der Waals surface area contributed by atoms with E-state index < -0.39 is 10.0 Å². The minimum Gasteiger partial charge on any atom is -0.317 e. The van der Waals surface area contributed by atoms with Gasteiger partial charge >= 0.3 is 0 Å². The number of nitrogens with zero attached hydrogens (tertiary/aromatic N) is 1. The molecule has 0 spiro atoms. The summed E-state index contributed by atoms with van der Waals surface area (Å²) in [5.74, 6) is 1.46. The molecular formula is C13H26N2O2S. The van der Waals surface area contributed by atoms with Crippen molar-refractivity contribution in [3.63, 3.8) is 0 Å². The van der Waals surface area contributed by atoms with E-state index >= 15 is 0 Å². The molecule has 0 aromatic heterocycles. The van der Waals surface area contributed by atoms with Crippen molar-refractivity contribution in [3.8, 4) is 0 Å². The molecule has 0 aromatic carbocycles. The van der Waals surface area contributed by atoms with Crippen LogP contribution in [-0.2, 0) is 10.0 Å². The van der Waals surface area contributed by atoms with E-state index in [-0.39, 0.29) is 0 Å². The van der Waals surface area contributed by atoms with Gasteiger partial charge in [-0.25, -0.2) is 12.7 Å². The third kappa shape index (κ3) is 4.21. The van der Waals surface area contributed by atoms with Crippen molar-refractivity contribution >= 4 is 10.0 Å². The first-order valence-electron chi connectivity index (χ1n) is 7.11. The van der Waals surface area contributed by atoms with Crippen LogP contribution in [0.3, 0.4) is 0 Å². The summed E-state index contributed by atoms with van der Waals surface area (Å²) in [5, 5.41) is 3.41. The topological polar surface area (TPSA) is 49.4 Å². The van der Waals surface area contributed by atoms with Crippen LogP contribution >= 0.6 is 0 Å². The molecule has 2 aliphatic rings. The summed E-state index contributed by atoms with van der Waals surface area (Å²) >= 11 is 0. The molecule has 2 atom stereocenters. The lowest BCUT2D eigenvalue weighted by atomic mass is 9.90. The maximum atomic E-state index is 11.6. The van der Waals surface area contributed by atoms with Gasteiger partial charge < -0.3 is 5.32 Å². The van der Waals surface area contributed by atoms with Crippen LogP contribution in [0, 0.1) is 11.8 Å². The van der Waals surface area contributed by atoms with E-state index in [0.29, 0.717) is 18.5 Å². The molecule has 1 N–H and O–H groups in total. The van der Waals surface area contributed by atoms with Gasteiger partial charge in [0.2, 0.25) is 10.0 Å². The number of nitrogens with one attached hydrogen (secondary N) is 1. The molecule has 2 fully saturated rings. The van der Waals surface area contributed by atoms with Crippen LogP contribution in [0.5, 0.6) is 0 Å². The average Bonchev–Trinajstić information content (AvgIpc) is 3.11. The van der Waals surface area contributed by atoms with Gasteiger partial charge in [-0.15, -0.1) is 0 Å². The molecule has 1 saturated carbocycles. The van der Waals surface area contributed by atoms with Crippen molar-refractivity contribution in [1.82, 2.24) is 9.62 Å². The number of piperidine rings is 1. The second-order valence-electron chi connectivity index (χ2n) is 6.03. The third-order valence-electron chi connectivity index (χ3n) is 4.29. The predicted molar refractivity (Wildman–Crippen MR) is 73.9 cm³/mol.